The minimum atomic E-state index is -0.714. The predicted octanol–water partition coefficient (Wildman–Crippen LogP) is 1.77. The molecule has 0 aliphatic heterocycles. The summed E-state index contributed by atoms with van der Waals surface area (Å²) in [6.45, 7) is 1.72. The molecule has 106 valence electrons. The van der Waals surface area contributed by atoms with Crippen molar-refractivity contribution >= 4 is 11.9 Å². The molecule has 0 saturated heterocycles. The maximum atomic E-state index is 12.1. The molecule has 0 aromatic rings. The molecule has 0 radical (unpaired) electrons. The van der Waals surface area contributed by atoms with Gasteiger partial charge in [0.2, 0.25) is 5.91 Å². The summed E-state index contributed by atoms with van der Waals surface area (Å²) in [6, 6.07) is 1.35. The smallest absolute Gasteiger partial charge is 0.328 e. The van der Waals surface area contributed by atoms with Crippen LogP contribution in [0, 0.1) is 23.2 Å². The van der Waals surface area contributed by atoms with Gasteiger partial charge in [-0.2, -0.15) is 5.26 Å². The third-order valence-corrected chi connectivity index (χ3v) is 3.59. The molecule has 1 amide bonds. The molecule has 0 aromatic carbocycles. The summed E-state index contributed by atoms with van der Waals surface area (Å²) >= 11 is 0. The summed E-state index contributed by atoms with van der Waals surface area (Å²) in [4.78, 5) is 23.7. The van der Waals surface area contributed by atoms with E-state index in [-0.39, 0.29) is 17.7 Å². The molecule has 1 aliphatic carbocycles. The van der Waals surface area contributed by atoms with Gasteiger partial charge in [0.15, 0.2) is 0 Å². The number of ether oxygens (including phenoxy) is 1. The van der Waals surface area contributed by atoms with Crippen LogP contribution in [0.3, 0.4) is 0 Å². The topological polar surface area (TPSA) is 79.2 Å². The molecule has 2 atom stereocenters. The number of carbonyl (C=O) groups excluding carboxylic acids is 2. The Labute approximate surface area is 114 Å². The highest BCUT2D eigenvalue weighted by Crippen LogP contribution is 2.24. The minimum Gasteiger partial charge on any atom is -0.467 e. The van der Waals surface area contributed by atoms with E-state index in [0.29, 0.717) is 6.42 Å². The standard InChI is InChI=1S/C14H22N2O3/c1-10(9-15)8-12(14(18)19-2)16-13(17)11-6-4-3-5-7-11/h10-12H,3-8H2,1-2H3,(H,16,17)/t10-,12+/m0/s1. The molecular weight excluding hydrogens is 244 g/mol. The molecule has 0 unspecified atom stereocenters. The van der Waals surface area contributed by atoms with Crippen LogP contribution in [0.15, 0.2) is 0 Å². The lowest BCUT2D eigenvalue weighted by molar-refractivity contribution is -0.146. The molecular formula is C14H22N2O3. The Hall–Kier alpha value is -1.57. The van der Waals surface area contributed by atoms with Crippen molar-refractivity contribution in [2.75, 3.05) is 7.11 Å². The predicted molar refractivity (Wildman–Crippen MR) is 69.9 cm³/mol. The summed E-state index contributed by atoms with van der Waals surface area (Å²) in [5.41, 5.74) is 0. The number of esters is 1. The first kappa shape index (κ1) is 15.5. The van der Waals surface area contributed by atoms with Crippen molar-refractivity contribution in [2.45, 2.75) is 51.5 Å². The Morgan fingerprint density at radius 1 is 1.37 bits per heavy atom. The van der Waals surface area contributed by atoms with Gasteiger partial charge in [-0.15, -0.1) is 0 Å². The van der Waals surface area contributed by atoms with E-state index in [1.165, 1.54) is 13.5 Å². The van der Waals surface area contributed by atoms with Gasteiger partial charge in [0.25, 0.3) is 0 Å². The zero-order valence-electron chi connectivity index (χ0n) is 11.6. The van der Waals surface area contributed by atoms with E-state index in [9.17, 15) is 9.59 Å². The van der Waals surface area contributed by atoms with Crippen LogP contribution < -0.4 is 5.32 Å². The first-order valence-corrected chi connectivity index (χ1v) is 6.86. The summed E-state index contributed by atoms with van der Waals surface area (Å²) in [5, 5.41) is 11.5. The normalized spacial score (nSPS) is 19.0. The molecule has 5 nitrogen and oxygen atoms in total. The van der Waals surface area contributed by atoms with E-state index < -0.39 is 12.0 Å². The zero-order chi connectivity index (χ0) is 14.3. The average molecular weight is 266 g/mol. The number of nitriles is 1. The number of amides is 1. The fraction of sp³-hybridized carbons (Fsp3) is 0.786. The first-order valence-electron chi connectivity index (χ1n) is 6.86. The van der Waals surface area contributed by atoms with Gasteiger partial charge in [0.1, 0.15) is 6.04 Å². The van der Waals surface area contributed by atoms with Crippen LogP contribution in [-0.4, -0.2) is 25.0 Å². The molecule has 1 fully saturated rings. The Balaban J connectivity index is 2.58. The average Bonchev–Trinajstić information content (AvgIpc) is 2.46. The van der Waals surface area contributed by atoms with E-state index in [4.69, 9.17) is 5.26 Å². The first-order chi connectivity index (χ1) is 9.08. The number of nitrogens with zero attached hydrogens (tertiary/aromatic N) is 1. The van der Waals surface area contributed by atoms with Crippen LogP contribution in [-0.2, 0) is 14.3 Å². The quantitative estimate of drug-likeness (QED) is 0.769. The van der Waals surface area contributed by atoms with Crippen LogP contribution >= 0.6 is 0 Å². The van der Waals surface area contributed by atoms with Gasteiger partial charge in [-0.3, -0.25) is 4.79 Å². The Morgan fingerprint density at radius 2 is 2.00 bits per heavy atom. The van der Waals surface area contributed by atoms with Crippen molar-refractivity contribution in [1.29, 1.82) is 5.26 Å². The minimum absolute atomic E-state index is 0.00158. The van der Waals surface area contributed by atoms with Gasteiger partial charge in [-0.1, -0.05) is 19.3 Å². The third kappa shape index (κ3) is 4.90. The van der Waals surface area contributed by atoms with Crippen LogP contribution in [0.2, 0.25) is 0 Å². The second-order valence-electron chi connectivity index (χ2n) is 5.19. The molecule has 0 heterocycles. The lowest BCUT2D eigenvalue weighted by Gasteiger charge is -2.24. The highest BCUT2D eigenvalue weighted by atomic mass is 16.5. The highest BCUT2D eigenvalue weighted by Gasteiger charge is 2.28. The van der Waals surface area contributed by atoms with Gasteiger partial charge < -0.3 is 10.1 Å². The SMILES string of the molecule is COC(=O)[C@@H](C[C@H](C)C#N)NC(=O)C1CCCCC1. The molecule has 1 N–H and O–H groups in total. The molecule has 1 rings (SSSR count). The molecule has 0 spiro atoms. The summed E-state index contributed by atoms with van der Waals surface area (Å²) in [6.07, 6.45) is 5.36. The second-order valence-corrected chi connectivity index (χ2v) is 5.19. The molecule has 19 heavy (non-hydrogen) atoms. The number of methoxy groups -OCH3 is 1. The Bertz CT molecular complexity index is 356. The Kier molecular flexibility index (Phi) is 6.34. The van der Waals surface area contributed by atoms with E-state index in [1.807, 2.05) is 0 Å². The van der Waals surface area contributed by atoms with Crippen LogP contribution in [0.5, 0.6) is 0 Å². The van der Waals surface area contributed by atoms with E-state index in [2.05, 4.69) is 16.1 Å². The molecule has 0 aromatic heterocycles. The van der Waals surface area contributed by atoms with Gasteiger partial charge in [-0.25, -0.2) is 4.79 Å². The summed E-state index contributed by atoms with van der Waals surface area (Å²) in [5.74, 6) is -0.861. The lowest BCUT2D eigenvalue weighted by atomic mass is 9.88. The number of nitrogens with one attached hydrogen (secondary N) is 1. The van der Waals surface area contributed by atoms with Crippen LogP contribution in [0.1, 0.15) is 45.4 Å². The fourth-order valence-corrected chi connectivity index (χ4v) is 2.42. The summed E-state index contributed by atoms with van der Waals surface area (Å²) in [7, 11) is 1.29. The number of hydrogen-bond acceptors (Lipinski definition) is 4. The lowest BCUT2D eigenvalue weighted by Crippen LogP contribution is -2.45. The molecule has 0 bridgehead atoms. The van der Waals surface area contributed by atoms with E-state index in [0.717, 1.165) is 25.7 Å². The fourth-order valence-electron chi connectivity index (χ4n) is 2.42. The highest BCUT2D eigenvalue weighted by molar-refractivity contribution is 5.85. The molecule has 1 aliphatic rings. The van der Waals surface area contributed by atoms with Gasteiger partial charge in [0.05, 0.1) is 13.2 Å². The maximum Gasteiger partial charge on any atom is 0.328 e. The largest absolute Gasteiger partial charge is 0.467 e. The van der Waals surface area contributed by atoms with Crippen molar-refractivity contribution < 1.29 is 14.3 Å². The monoisotopic (exact) mass is 266 g/mol. The van der Waals surface area contributed by atoms with Crippen molar-refractivity contribution in [1.82, 2.24) is 5.32 Å². The van der Waals surface area contributed by atoms with E-state index >= 15 is 0 Å². The number of rotatable bonds is 5. The zero-order valence-corrected chi connectivity index (χ0v) is 11.6. The van der Waals surface area contributed by atoms with Crippen molar-refractivity contribution in [2.24, 2.45) is 11.8 Å². The number of carbonyl (C=O) groups is 2. The van der Waals surface area contributed by atoms with Crippen LogP contribution in [0.25, 0.3) is 0 Å². The van der Waals surface area contributed by atoms with Crippen LogP contribution in [0.4, 0.5) is 0 Å². The third-order valence-electron chi connectivity index (χ3n) is 3.59. The van der Waals surface area contributed by atoms with Gasteiger partial charge in [0, 0.05) is 11.8 Å². The van der Waals surface area contributed by atoms with E-state index in [1.54, 1.807) is 6.92 Å². The second kappa shape index (κ2) is 7.78. The Morgan fingerprint density at radius 3 is 2.53 bits per heavy atom. The van der Waals surface area contributed by atoms with Gasteiger partial charge in [-0.05, 0) is 26.2 Å². The van der Waals surface area contributed by atoms with Gasteiger partial charge >= 0.3 is 5.97 Å². The molecule has 5 heteroatoms. The maximum absolute atomic E-state index is 12.1. The number of hydrogen-bond donors (Lipinski definition) is 1. The summed E-state index contributed by atoms with van der Waals surface area (Å²) < 4.78 is 4.68. The van der Waals surface area contributed by atoms with Crippen molar-refractivity contribution in [3.8, 4) is 6.07 Å². The van der Waals surface area contributed by atoms with Crippen molar-refractivity contribution in [3.63, 3.8) is 0 Å². The molecule has 1 saturated carbocycles. The van der Waals surface area contributed by atoms with Crippen molar-refractivity contribution in [3.05, 3.63) is 0 Å².